The van der Waals surface area contributed by atoms with Crippen LogP contribution in [0.5, 0.6) is 5.75 Å². The van der Waals surface area contributed by atoms with Crippen LogP contribution in [0.1, 0.15) is 11.1 Å². The van der Waals surface area contributed by atoms with E-state index < -0.39 is 4.92 Å². The van der Waals surface area contributed by atoms with Crippen LogP contribution in [0.2, 0.25) is 0 Å². The van der Waals surface area contributed by atoms with Gasteiger partial charge in [0.15, 0.2) is 0 Å². The number of nitro groups is 1. The smallest absolute Gasteiger partial charge is 0.296 e. The normalized spacial score (nSPS) is 10.6. The molecular weight excluding hydrogens is 324 g/mol. The zero-order chi connectivity index (χ0) is 18.0. The van der Waals surface area contributed by atoms with Gasteiger partial charge in [-0.2, -0.15) is 0 Å². The molecule has 128 valence electrons. The quantitative estimate of drug-likeness (QED) is 0.562. The molecule has 2 aromatic carbocycles. The van der Waals surface area contributed by atoms with E-state index in [1.165, 1.54) is 25.5 Å². The number of ether oxygens (including phenoxy) is 1. The fourth-order valence-corrected chi connectivity index (χ4v) is 2.60. The Morgan fingerprint density at radius 1 is 1.28 bits per heavy atom. The Morgan fingerprint density at radius 2 is 2.08 bits per heavy atom. The van der Waals surface area contributed by atoms with Crippen LogP contribution in [0.25, 0.3) is 11.0 Å². The molecule has 7 nitrogen and oxygen atoms in total. The molecule has 1 amide bonds. The van der Waals surface area contributed by atoms with E-state index >= 15 is 0 Å². The van der Waals surface area contributed by atoms with Crippen LogP contribution in [0.15, 0.2) is 47.1 Å². The minimum atomic E-state index is -0.561. The molecule has 0 aliphatic rings. The number of fused-ring (bicyclic) bond motifs is 1. The first kappa shape index (κ1) is 16.5. The van der Waals surface area contributed by atoms with Gasteiger partial charge in [0.2, 0.25) is 5.91 Å². The van der Waals surface area contributed by atoms with E-state index in [9.17, 15) is 14.9 Å². The summed E-state index contributed by atoms with van der Waals surface area (Å²) in [5.74, 6) is -0.0153. The van der Waals surface area contributed by atoms with Gasteiger partial charge in [-0.15, -0.1) is 0 Å². The average Bonchev–Trinajstić information content (AvgIpc) is 2.97. The third-order valence-electron chi connectivity index (χ3n) is 3.84. The van der Waals surface area contributed by atoms with Crippen LogP contribution in [0, 0.1) is 17.0 Å². The van der Waals surface area contributed by atoms with E-state index in [0.29, 0.717) is 11.3 Å². The van der Waals surface area contributed by atoms with Gasteiger partial charge in [0.25, 0.3) is 5.69 Å². The summed E-state index contributed by atoms with van der Waals surface area (Å²) in [6.45, 7) is 1.96. The van der Waals surface area contributed by atoms with Gasteiger partial charge >= 0.3 is 0 Å². The van der Waals surface area contributed by atoms with Gasteiger partial charge in [-0.05, 0) is 31.2 Å². The van der Waals surface area contributed by atoms with Crippen molar-refractivity contribution in [3.05, 3.63) is 63.9 Å². The third-order valence-corrected chi connectivity index (χ3v) is 3.84. The number of rotatable bonds is 5. The molecule has 0 saturated carbocycles. The van der Waals surface area contributed by atoms with Crippen LogP contribution in [-0.4, -0.2) is 17.9 Å². The summed E-state index contributed by atoms with van der Waals surface area (Å²) in [6.07, 6.45) is 1.59. The molecule has 0 radical (unpaired) electrons. The van der Waals surface area contributed by atoms with Crippen molar-refractivity contribution in [3.63, 3.8) is 0 Å². The Labute approximate surface area is 143 Å². The topological polar surface area (TPSA) is 94.6 Å². The van der Waals surface area contributed by atoms with Crippen LogP contribution < -0.4 is 10.1 Å². The largest absolute Gasteiger partial charge is 0.496 e. The molecule has 0 unspecified atom stereocenters. The van der Waals surface area contributed by atoms with Crippen molar-refractivity contribution in [1.82, 2.24) is 0 Å². The number of carbonyl (C=O) groups excluding carboxylic acids is 1. The number of amides is 1. The Morgan fingerprint density at radius 3 is 2.80 bits per heavy atom. The lowest BCUT2D eigenvalue weighted by Gasteiger charge is -2.07. The Hall–Kier alpha value is -3.35. The SMILES string of the molecule is COc1ccc(NC(=O)Cc2coc3ccc(C)cc23)c([N+](=O)[O-])c1. The number of hydrogen-bond acceptors (Lipinski definition) is 5. The Balaban J connectivity index is 1.83. The number of nitrogens with one attached hydrogen (secondary N) is 1. The zero-order valence-corrected chi connectivity index (χ0v) is 13.7. The van der Waals surface area contributed by atoms with E-state index in [2.05, 4.69) is 5.32 Å². The molecule has 0 saturated heterocycles. The number of methoxy groups -OCH3 is 1. The van der Waals surface area contributed by atoms with Crippen LogP contribution >= 0.6 is 0 Å². The summed E-state index contributed by atoms with van der Waals surface area (Å²) in [5, 5.41) is 14.6. The molecule has 1 aromatic heterocycles. The number of aryl methyl sites for hydroxylation is 1. The predicted molar refractivity (Wildman–Crippen MR) is 92.9 cm³/mol. The number of nitrogens with zero attached hydrogens (tertiary/aromatic N) is 1. The molecule has 25 heavy (non-hydrogen) atoms. The van der Waals surface area contributed by atoms with Crippen molar-refractivity contribution in [1.29, 1.82) is 0 Å². The van der Waals surface area contributed by atoms with Gasteiger partial charge < -0.3 is 14.5 Å². The van der Waals surface area contributed by atoms with Crippen LogP contribution in [0.4, 0.5) is 11.4 Å². The minimum absolute atomic E-state index is 0.0552. The molecule has 0 aliphatic carbocycles. The molecule has 0 aliphatic heterocycles. The average molecular weight is 340 g/mol. The molecule has 3 rings (SSSR count). The van der Waals surface area contributed by atoms with Crippen molar-refractivity contribution in [2.75, 3.05) is 12.4 Å². The van der Waals surface area contributed by atoms with E-state index in [1.54, 1.807) is 6.07 Å². The van der Waals surface area contributed by atoms with Gasteiger partial charge in [-0.3, -0.25) is 14.9 Å². The molecular formula is C18H16N2O5. The van der Waals surface area contributed by atoms with Crippen molar-refractivity contribution in [2.45, 2.75) is 13.3 Å². The van der Waals surface area contributed by atoms with E-state index in [1.807, 2.05) is 25.1 Å². The third kappa shape index (κ3) is 3.45. The molecule has 1 N–H and O–H groups in total. The lowest BCUT2D eigenvalue weighted by molar-refractivity contribution is -0.384. The van der Waals surface area contributed by atoms with E-state index in [4.69, 9.17) is 9.15 Å². The monoisotopic (exact) mass is 340 g/mol. The number of hydrogen-bond donors (Lipinski definition) is 1. The summed E-state index contributed by atoms with van der Waals surface area (Å²) in [5.41, 5.74) is 2.39. The number of furan rings is 1. The van der Waals surface area contributed by atoms with E-state index in [0.717, 1.165) is 16.5 Å². The lowest BCUT2D eigenvalue weighted by atomic mass is 10.1. The summed E-state index contributed by atoms with van der Waals surface area (Å²) < 4.78 is 10.4. The summed E-state index contributed by atoms with van der Waals surface area (Å²) in [7, 11) is 1.42. The first-order valence-electron chi connectivity index (χ1n) is 7.57. The van der Waals surface area contributed by atoms with E-state index in [-0.39, 0.29) is 23.7 Å². The first-order valence-corrected chi connectivity index (χ1v) is 7.57. The molecule has 0 bridgehead atoms. The zero-order valence-electron chi connectivity index (χ0n) is 13.7. The first-order chi connectivity index (χ1) is 12.0. The highest BCUT2D eigenvalue weighted by Gasteiger charge is 2.18. The molecule has 0 fully saturated rings. The number of anilines is 1. The summed E-state index contributed by atoms with van der Waals surface area (Å²) in [4.78, 5) is 23.0. The molecule has 7 heteroatoms. The van der Waals surface area contributed by atoms with Gasteiger partial charge in [0.05, 0.1) is 30.8 Å². The fourth-order valence-electron chi connectivity index (χ4n) is 2.60. The second-order valence-electron chi connectivity index (χ2n) is 5.63. The second-order valence-corrected chi connectivity index (χ2v) is 5.63. The summed E-state index contributed by atoms with van der Waals surface area (Å²) >= 11 is 0. The van der Waals surface area contributed by atoms with Gasteiger partial charge in [0, 0.05) is 10.9 Å². The van der Waals surface area contributed by atoms with Gasteiger partial charge in [-0.25, -0.2) is 0 Å². The van der Waals surface area contributed by atoms with Gasteiger partial charge in [-0.1, -0.05) is 11.6 Å². The van der Waals surface area contributed by atoms with Crippen molar-refractivity contribution < 1.29 is 18.9 Å². The number of benzene rings is 2. The van der Waals surface area contributed by atoms with Crippen molar-refractivity contribution in [2.24, 2.45) is 0 Å². The van der Waals surface area contributed by atoms with Crippen LogP contribution in [0.3, 0.4) is 0 Å². The predicted octanol–water partition coefficient (Wildman–Crippen LogP) is 3.84. The summed E-state index contributed by atoms with van der Waals surface area (Å²) in [6, 6.07) is 9.99. The number of nitro benzene ring substituents is 1. The van der Waals surface area contributed by atoms with Gasteiger partial charge in [0.1, 0.15) is 17.0 Å². The maximum Gasteiger partial charge on any atom is 0.296 e. The highest BCUT2D eigenvalue weighted by Crippen LogP contribution is 2.29. The lowest BCUT2D eigenvalue weighted by Crippen LogP contribution is -2.15. The number of carbonyl (C=O) groups is 1. The molecule has 1 heterocycles. The maximum atomic E-state index is 12.3. The van der Waals surface area contributed by atoms with Crippen molar-refractivity contribution in [3.8, 4) is 5.75 Å². The molecule has 0 atom stereocenters. The Kier molecular flexibility index (Phi) is 4.38. The standard InChI is InChI=1S/C18H16N2O5/c1-11-3-6-17-14(7-11)12(10-25-17)8-18(21)19-15-5-4-13(24-2)9-16(15)20(22)23/h3-7,9-10H,8H2,1-2H3,(H,19,21). The Bertz CT molecular complexity index is 961. The van der Waals surface area contributed by atoms with Crippen molar-refractivity contribution >= 4 is 28.3 Å². The minimum Gasteiger partial charge on any atom is -0.496 e. The fraction of sp³-hybridized carbons (Fsp3) is 0.167. The van der Waals surface area contributed by atoms with Crippen LogP contribution in [-0.2, 0) is 11.2 Å². The maximum absolute atomic E-state index is 12.3. The highest BCUT2D eigenvalue weighted by atomic mass is 16.6. The molecule has 0 spiro atoms. The second kappa shape index (κ2) is 6.64. The molecule has 3 aromatic rings. The highest BCUT2D eigenvalue weighted by molar-refractivity contribution is 5.97.